The van der Waals surface area contributed by atoms with Gasteiger partial charge in [0.05, 0.1) is 5.69 Å². The van der Waals surface area contributed by atoms with Crippen LogP contribution in [0.15, 0.2) is 38.5 Å². The molecule has 16 heavy (non-hydrogen) atoms. The molecule has 80 valence electrons. The molecule has 3 aromatic rings. The lowest BCUT2D eigenvalue weighted by Crippen LogP contribution is -1.69. The zero-order valence-electron chi connectivity index (χ0n) is 7.99. The average Bonchev–Trinajstić information content (AvgIpc) is 2.83. The van der Waals surface area contributed by atoms with Crippen LogP contribution in [0.1, 0.15) is 0 Å². The van der Waals surface area contributed by atoms with E-state index in [1.807, 2.05) is 29.6 Å². The third kappa shape index (κ3) is 1.75. The third-order valence-corrected chi connectivity index (χ3v) is 3.82. The molecule has 0 unspecified atom stereocenters. The summed E-state index contributed by atoms with van der Waals surface area (Å²) in [4.78, 5) is 3.10. The molecule has 0 aliphatic rings. The lowest BCUT2D eigenvalue weighted by Gasteiger charge is -1.88. The summed E-state index contributed by atoms with van der Waals surface area (Å²) >= 11 is 9.99. The summed E-state index contributed by atoms with van der Waals surface area (Å²) in [6.45, 7) is 0. The first-order valence-electron chi connectivity index (χ1n) is 4.60. The van der Waals surface area contributed by atoms with Crippen LogP contribution < -0.4 is 0 Å². The molecule has 2 aromatic heterocycles. The molecule has 2 heterocycles. The van der Waals surface area contributed by atoms with Gasteiger partial charge in [-0.2, -0.15) is 0 Å². The molecule has 5 heteroatoms. The molecule has 0 saturated carbocycles. The van der Waals surface area contributed by atoms with Crippen LogP contribution in [0.3, 0.4) is 0 Å². The molecule has 0 saturated heterocycles. The summed E-state index contributed by atoms with van der Waals surface area (Å²) in [6, 6.07) is 7.95. The maximum Gasteiger partial charge on any atom is 0.158 e. The monoisotopic (exact) mass is 311 g/mol. The molecule has 0 aliphatic carbocycles. The van der Waals surface area contributed by atoms with Gasteiger partial charge in [0.25, 0.3) is 0 Å². The Balaban J connectivity index is 2.22. The molecular formula is C11H6BrNOS2. The Bertz CT molecular complexity index is 710. The molecule has 1 aromatic carbocycles. The third-order valence-electron chi connectivity index (χ3n) is 2.26. The molecule has 1 N–H and O–H groups in total. The maximum absolute atomic E-state index is 5.73. The van der Waals surface area contributed by atoms with E-state index >= 15 is 0 Å². The zero-order chi connectivity index (χ0) is 11.1. The molecule has 0 amide bonds. The smallest absolute Gasteiger partial charge is 0.158 e. The van der Waals surface area contributed by atoms with Crippen molar-refractivity contribution < 1.29 is 4.42 Å². The van der Waals surface area contributed by atoms with E-state index < -0.39 is 0 Å². The Morgan fingerprint density at radius 2 is 2.19 bits per heavy atom. The molecule has 0 fully saturated rings. The summed E-state index contributed by atoms with van der Waals surface area (Å²) < 4.78 is 7.54. The van der Waals surface area contributed by atoms with Crippen LogP contribution in [-0.4, -0.2) is 4.98 Å². The largest absolute Gasteiger partial charge is 0.454 e. The van der Waals surface area contributed by atoms with E-state index in [9.17, 15) is 0 Å². The fourth-order valence-corrected chi connectivity index (χ4v) is 2.75. The zero-order valence-corrected chi connectivity index (χ0v) is 11.2. The highest BCUT2D eigenvalue weighted by atomic mass is 79.9. The van der Waals surface area contributed by atoms with Crippen molar-refractivity contribution in [2.45, 2.75) is 0 Å². The number of aromatic nitrogens is 1. The summed E-state index contributed by atoms with van der Waals surface area (Å²) in [5.74, 6) is 0.820. The molecule has 3 rings (SSSR count). The number of furan rings is 1. The lowest BCUT2D eigenvalue weighted by molar-refractivity contribution is 0.629. The normalized spacial score (nSPS) is 11.1. The lowest BCUT2D eigenvalue weighted by atomic mass is 10.2. The van der Waals surface area contributed by atoms with Crippen LogP contribution in [0, 0.1) is 3.95 Å². The number of thiazole rings is 1. The van der Waals surface area contributed by atoms with Crippen molar-refractivity contribution in [2.75, 3.05) is 0 Å². The first-order valence-corrected chi connectivity index (χ1v) is 6.68. The topological polar surface area (TPSA) is 28.9 Å². The van der Waals surface area contributed by atoms with E-state index in [0.717, 1.165) is 30.9 Å². The number of halogens is 1. The van der Waals surface area contributed by atoms with Crippen molar-refractivity contribution in [1.29, 1.82) is 0 Å². The maximum atomic E-state index is 5.73. The minimum atomic E-state index is 0.761. The number of rotatable bonds is 1. The van der Waals surface area contributed by atoms with E-state index in [1.54, 1.807) is 0 Å². The van der Waals surface area contributed by atoms with Gasteiger partial charge in [-0.3, -0.25) is 0 Å². The van der Waals surface area contributed by atoms with Gasteiger partial charge in [0.1, 0.15) is 5.58 Å². The van der Waals surface area contributed by atoms with Gasteiger partial charge in [0.15, 0.2) is 9.71 Å². The Hall–Kier alpha value is -0.910. The SMILES string of the molecule is S=c1[nH]c(-c2cc3cc(Br)ccc3o2)cs1. The number of H-pyrrole nitrogens is 1. The second-order valence-electron chi connectivity index (χ2n) is 3.35. The van der Waals surface area contributed by atoms with Crippen LogP contribution >= 0.6 is 39.5 Å². The van der Waals surface area contributed by atoms with Gasteiger partial charge in [-0.15, -0.1) is 11.3 Å². The van der Waals surface area contributed by atoms with Crippen LogP contribution in [0.25, 0.3) is 22.4 Å². The fourth-order valence-electron chi connectivity index (χ4n) is 1.55. The van der Waals surface area contributed by atoms with E-state index in [2.05, 4.69) is 20.9 Å². The number of aromatic amines is 1. The van der Waals surface area contributed by atoms with Crippen LogP contribution in [0.2, 0.25) is 0 Å². The highest BCUT2D eigenvalue weighted by molar-refractivity contribution is 9.10. The van der Waals surface area contributed by atoms with Crippen LogP contribution in [0.5, 0.6) is 0 Å². The van der Waals surface area contributed by atoms with Gasteiger partial charge in [-0.05, 0) is 36.5 Å². The summed E-state index contributed by atoms with van der Waals surface area (Å²) in [5, 5.41) is 3.05. The number of fused-ring (bicyclic) bond motifs is 1. The summed E-state index contributed by atoms with van der Waals surface area (Å²) in [5.41, 5.74) is 1.81. The second-order valence-corrected chi connectivity index (χ2v) is 5.82. The predicted octanol–water partition coefficient (Wildman–Crippen LogP) is 4.98. The van der Waals surface area contributed by atoms with Gasteiger partial charge in [-0.1, -0.05) is 15.9 Å². The average molecular weight is 312 g/mol. The molecule has 0 spiro atoms. The van der Waals surface area contributed by atoms with Gasteiger partial charge in [-0.25, -0.2) is 0 Å². The second kappa shape index (κ2) is 3.84. The highest BCUT2D eigenvalue weighted by Gasteiger charge is 2.07. The molecule has 0 aliphatic heterocycles. The number of hydrogen-bond donors (Lipinski definition) is 1. The van der Waals surface area contributed by atoms with Crippen molar-refractivity contribution in [3.8, 4) is 11.5 Å². The highest BCUT2D eigenvalue weighted by Crippen LogP contribution is 2.29. The number of hydrogen-bond acceptors (Lipinski definition) is 3. The Morgan fingerprint density at radius 3 is 2.94 bits per heavy atom. The van der Waals surface area contributed by atoms with E-state index in [0.29, 0.717) is 0 Å². The minimum absolute atomic E-state index is 0.761. The van der Waals surface area contributed by atoms with Crippen LogP contribution in [0.4, 0.5) is 0 Å². The Kier molecular flexibility index (Phi) is 2.46. The van der Waals surface area contributed by atoms with Gasteiger partial charge < -0.3 is 9.40 Å². The Morgan fingerprint density at radius 1 is 1.31 bits per heavy atom. The predicted molar refractivity (Wildman–Crippen MR) is 72.4 cm³/mol. The van der Waals surface area contributed by atoms with Crippen molar-refractivity contribution in [3.05, 3.63) is 38.1 Å². The van der Waals surface area contributed by atoms with E-state index in [4.69, 9.17) is 16.6 Å². The fraction of sp³-hybridized carbons (Fsp3) is 0. The van der Waals surface area contributed by atoms with Crippen molar-refractivity contribution in [2.24, 2.45) is 0 Å². The molecular weight excluding hydrogens is 306 g/mol. The first-order chi connectivity index (χ1) is 7.72. The molecule has 0 atom stereocenters. The number of nitrogens with one attached hydrogen (secondary N) is 1. The molecule has 0 bridgehead atoms. The quantitative estimate of drug-likeness (QED) is 0.642. The van der Waals surface area contributed by atoms with Gasteiger partial charge in [0.2, 0.25) is 0 Å². The number of benzene rings is 1. The van der Waals surface area contributed by atoms with E-state index in [-0.39, 0.29) is 0 Å². The molecule has 2 nitrogen and oxygen atoms in total. The van der Waals surface area contributed by atoms with Gasteiger partial charge >= 0.3 is 0 Å². The van der Waals surface area contributed by atoms with Crippen molar-refractivity contribution in [3.63, 3.8) is 0 Å². The summed E-state index contributed by atoms with van der Waals surface area (Å²) in [6.07, 6.45) is 0. The van der Waals surface area contributed by atoms with Crippen LogP contribution in [-0.2, 0) is 0 Å². The van der Waals surface area contributed by atoms with Crippen molar-refractivity contribution >= 4 is 50.5 Å². The summed E-state index contributed by atoms with van der Waals surface area (Å²) in [7, 11) is 0. The van der Waals surface area contributed by atoms with Crippen molar-refractivity contribution in [1.82, 2.24) is 4.98 Å². The van der Waals surface area contributed by atoms with E-state index in [1.165, 1.54) is 11.3 Å². The molecule has 0 radical (unpaired) electrons. The standard InChI is InChI=1S/C11H6BrNOS2/c12-7-1-2-9-6(3-7)4-10(14-9)8-5-16-11(15)13-8/h1-5H,(H,13,15). The van der Waals surface area contributed by atoms with Gasteiger partial charge in [0, 0.05) is 15.2 Å². The minimum Gasteiger partial charge on any atom is -0.454 e. The first kappa shape index (κ1) is 10.3. The Labute approximate surface area is 109 Å².